The van der Waals surface area contributed by atoms with Crippen LogP contribution in [0.2, 0.25) is 0 Å². The summed E-state index contributed by atoms with van der Waals surface area (Å²) in [5.41, 5.74) is 1.49. The number of fused-ring (bicyclic) bond motifs is 1. The number of halogens is 3. The molecule has 0 aromatic heterocycles. The van der Waals surface area contributed by atoms with E-state index in [2.05, 4.69) is 18.9 Å². The Labute approximate surface area is 133 Å². The normalized spacial score (nSPS) is 21.7. The smallest absolute Gasteiger partial charge is 0.373 e. The van der Waals surface area contributed by atoms with E-state index in [1.165, 1.54) is 5.92 Å². The topological polar surface area (TPSA) is 9.23 Å². The van der Waals surface area contributed by atoms with Crippen LogP contribution >= 0.6 is 0 Å². The minimum atomic E-state index is -4.46. The van der Waals surface area contributed by atoms with E-state index in [1.54, 1.807) is 12.1 Å². The molecule has 2 aromatic carbocycles. The van der Waals surface area contributed by atoms with E-state index >= 15 is 0 Å². The van der Waals surface area contributed by atoms with Crippen LogP contribution in [0.25, 0.3) is 10.8 Å². The van der Waals surface area contributed by atoms with Crippen molar-refractivity contribution in [2.75, 3.05) is 6.61 Å². The first-order chi connectivity index (χ1) is 10.9. The van der Waals surface area contributed by atoms with Crippen molar-refractivity contribution in [1.29, 1.82) is 0 Å². The predicted octanol–water partition coefficient (Wildman–Crippen LogP) is 5.24. The third-order valence-corrected chi connectivity index (χ3v) is 4.09. The minimum Gasteiger partial charge on any atom is -0.373 e. The molecule has 0 amide bonds. The Bertz CT molecular complexity index is 760. The number of hydrogen-bond acceptors (Lipinski definition) is 1. The maximum absolute atomic E-state index is 12.2. The van der Waals surface area contributed by atoms with Gasteiger partial charge in [-0.25, -0.2) is 0 Å². The van der Waals surface area contributed by atoms with E-state index in [-0.39, 0.29) is 6.10 Å². The van der Waals surface area contributed by atoms with Gasteiger partial charge >= 0.3 is 6.18 Å². The van der Waals surface area contributed by atoms with Gasteiger partial charge in [0.2, 0.25) is 0 Å². The molecule has 1 heterocycles. The van der Waals surface area contributed by atoms with Crippen LogP contribution in [-0.2, 0) is 4.74 Å². The van der Waals surface area contributed by atoms with E-state index in [0.29, 0.717) is 11.5 Å². The van der Waals surface area contributed by atoms with E-state index in [1.807, 2.05) is 18.2 Å². The summed E-state index contributed by atoms with van der Waals surface area (Å²) < 4.78 is 42.3. The van der Waals surface area contributed by atoms with Gasteiger partial charge < -0.3 is 4.74 Å². The molecule has 1 aliphatic heterocycles. The summed E-state index contributed by atoms with van der Waals surface area (Å²) in [6.45, 7) is 2.95. The minimum absolute atomic E-state index is 0.111. The van der Waals surface area contributed by atoms with Gasteiger partial charge in [-0.1, -0.05) is 31.0 Å². The third kappa shape index (κ3) is 4.05. The first-order valence-electron chi connectivity index (χ1n) is 7.66. The molecule has 1 fully saturated rings. The summed E-state index contributed by atoms with van der Waals surface area (Å²) in [5, 5.41) is 1.87. The number of alkyl halides is 3. The summed E-state index contributed by atoms with van der Waals surface area (Å²) in [7, 11) is 0. The van der Waals surface area contributed by atoms with E-state index in [9.17, 15) is 13.2 Å². The second kappa shape index (κ2) is 6.25. The first kappa shape index (κ1) is 15.9. The van der Waals surface area contributed by atoms with Gasteiger partial charge in [0.1, 0.15) is 0 Å². The zero-order valence-corrected chi connectivity index (χ0v) is 12.8. The Balaban J connectivity index is 1.85. The lowest BCUT2D eigenvalue weighted by Crippen LogP contribution is -2.18. The molecule has 23 heavy (non-hydrogen) atoms. The van der Waals surface area contributed by atoms with Crippen molar-refractivity contribution in [2.24, 2.45) is 5.92 Å². The van der Waals surface area contributed by atoms with E-state index < -0.39 is 6.18 Å². The molecule has 0 aliphatic carbocycles. The van der Waals surface area contributed by atoms with Crippen LogP contribution in [0.1, 0.15) is 37.0 Å². The van der Waals surface area contributed by atoms with Gasteiger partial charge in [-0.2, -0.15) is 13.2 Å². The second-order valence-corrected chi connectivity index (χ2v) is 6.07. The summed E-state index contributed by atoms with van der Waals surface area (Å²) in [6, 6.07) is 11.1. The fourth-order valence-electron chi connectivity index (χ4n) is 2.83. The van der Waals surface area contributed by atoms with Gasteiger partial charge in [-0.05, 0) is 53.3 Å². The molecular formula is C19H17F3O. The monoisotopic (exact) mass is 318 g/mol. The zero-order valence-electron chi connectivity index (χ0n) is 12.8. The molecule has 0 radical (unpaired) electrons. The molecule has 0 saturated carbocycles. The van der Waals surface area contributed by atoms with Crippen molar-refractivity contribution in [3.05, 3.63) is 47.5 Å². The van der Waals surface area contributed by atoms with Crippen LogP contribution in [0.5, 0.6) is 0 Å². The SMILES string of the molecule is CC1CCC(c2ccc3cc(C#CC(F)(F)F)ccc3c2)OC1. The third-order valence-electron chi connectivity index (χ3n) is 4.09. The molecule has 2 atom stereocenters. The summed E-state index contributed by atoms with van der Waals surface area (Å²) in [6.07, 6.45) is -2.20. The van der Waals surface area contributed by atoms with Crippen molar-refractivity contribution in [3.63, 3.8) is 0 Å². The van der Waals surface area contributed by atoms with E-state index in [4.69, 9.17) is 4.74 Å². The van der Waals surface area contributed by atoms with Gasteiger partial charge in [-0.3, -0.25) is 0 Å². The van der Waals surface area contributed by atoms with Crippen LogP contribution in [0.15, 0.2) is 36.4 Å². The molecule has 0 spiro atoms. The molecule has 0 bridgehead atoms. The van der Waals surface area contributed by atoms with Gasteiger partial charge in [0.25, 0.3) is 0 Å². The zero-order chi connectivity index (χ0) is 16.4. The summed E-state index contributed by atoms with van der Waals surface area (Å²) >= 11 is 0. The molecule has 2 unspecified atom stereocenters. The molecule has 3 rings (SSSR count). The summed E-state index contributed by atoms with van der Waals surface area (Å²) in [5.74, 6) is 4.06. The lowest BCUT2D eigenvalue weighted by Gasteiger charge is -2.27. The predicted molar refractivity (Wildman–Crippen MR) is 84.0 cm³/mol. The highest BCUT2D eigenvalue weighted by Gasteiger charge is 2.23. The van der Waals surface area contributed by atoms with Crippen molar-refractivity contribution >= 4 is 10.8 Å². The summed E-state index contributed by atoms with van der Waals surface area (Å²) in [4.78, 5) is 0. The largest absolute Gasteiger partial charge is 0.458 e. The average Bonchev–Trinajstić information content (AvgIpc) is 2.52. The van der Waals surface area contributed by atoms with Crippen molar-refractivity contribution < 1.29 is 17.9 Å². The van der Waals surface area contributed by atoms with Crippen molar-refractivity contribution in [3.8, 4) is 11.8 Å². The van der Waals surface area contributed by atoms with Crippen LogP contribution in [-0.4, -0.2) is 12.8 Å². The molecule has 2 aromatic rings. The Morgan fingerprint density at radius 2 is 1.78 bits per heavy atom. The molecule has 4 heteroatoms. The van der Waals surface area contributed by atoms with Crippen molar-refractivity contribution in [2.45, 2.75) is 32.0 Å². The quantitative estimate of drug-likeness (QED) is 0.653. The maximum atomic E-state index is 12.2. The lowest BCUT2D eigenvalue weighted by molar-refractivity contribution is -0.0696. The Morgan fingerprint density at radius 3 is 2.48 bits per heavy atom. The number of benzene rings is 2. The highest BCUT2D eigenvalue weighted by molar-refractivity contribution is 5.84. The molecule has 0 N–H and O–H groups in total. The van der Waals surface area contributed by atoms with Gasteiger partial charge in [0, 0.05) is 18.1 Å². The van der Waals surface area contributed by atoms with Gasteiger partial charge in [-0.15, -0.1) is 0 Å². The second-order valence-electron chi connectivity index (χ2n) is 6.07. The Kier molecular flexibility index (Phi) is 4.32. The molecule has 1 nitrogen and oxygen atoms in total. The highest BCUT2D eigenvalue weighted by atomic mass is 19.4. The fourth-order valence-corrected chi connectivity index (χ4v) is 2.83. The van der Waals surface area contributed by atoms with Crippen LogP contribution in [0.3, 0.4) is 0 Å². The molecule has 1 aliphatic rings. The van der Waals surface area contributed by atoms with Gasteiger partial charge in [0.15, 0.2) is 0 Å². The first-order valence-corrected chi connectivity index (χ1v) is 7.66. The van der Waals surface area contributed by atoms with Crippen LogP contribution < -0.4 is 0 Å². The van der Waals surface area contributed by atoms with E-state index in [0.717, 1.165) is 35.8 Å². The van der Waals surface area contributed by atoms with Crippen molar-refractivity contribution in [1.82, 2.24) is 0 Å². The van der Waals surface area contributed by atoms with Crippen LogP contribution in [0.4, 0.5) is 13.2 Å². The lowest BCUT2D eigenvalue weighted by atomic mass is 9.94. The highest BCUT2D eigenvalue weighted by Crippen LogP contribution is 2.32. The average molecular weight is 318 g/mol. The molecule has 120 valence electrons. The number of hydrogen-bond donors (Lipinski definition) is 0. The maximum Gasteiger partial charge on any atom is 0.458 e. The number of rotatable bonds is 1. The Morgan fingerprint density at radius 1 is 1.04 bits per heavy atom. The number of ether oxygens (including phenoxy) is 1. The van der Waals surface area contributed by atoms with Gasteiger partial charge in [0.05, 0.1) is 6.10 Å². The van der Waals surface area contributed by atoms with Crippen LogP contribution in [0, 0.1) is 17.8 Å². The Hall–Kier alpha value is -1.99. The molecular weight excluding hydrogens is 301 g/mol. The fraction of sp³-hybridized carbons (Fsp3) is 0.368. The molecule has 1 saturated heterocycles. The standard InChI is InChI=1S/C19H17F3O/c1-13-2-7-18(23-12-13)17-6-5-15-10-14(3-4-16(15)11-17)8-9-19(20,21)22/h3-6,10-11,13,18H,2,7,12H2,1H3.